The maximum Gasteiger partial charge on any atom is 0.490 e. The normalized spacial score (nSPS) is 18.2. The molecular formula is C25H28F4N2O4. The molecule has 2 saturated heterocycles. The molecule has 1 N–H and O–H groups in total. The number of rotatable bonds is 6. The molecule has 35 heavy (non-hydrogen) atoms. The van der Waals surface area contributed by atoms with E-state index in [1.807, 2.05) is 29.2 Å². The van der Waals surface area contributed by atoms with Crippen molar-refractivity contribution in [2.45, 2.75) is 44.5 Å². The van der Waals surface area contributed by atoms with E-state index in [-0.39, 0.29) is 11.7 Å². The minimum absolute atomic E-state index is 0.117. The topological polar surface area (TPSA) is 70.1 Å². The molecule has 0 saturated carbocycles. The number of carboxylic acid groups (broad SMARTS) is 1. The molecular weight excluding hydrogens is 468 g/mol. The molecule has 2 aromatic carbocycles. The van der Waals surface area contributed by atoms with Crippen LogP contribution in [-0.2, 0) is 11.4 Å². The number of alkyl halides is 3. The minimum atomic E-state index is -5.08. The van der Waals surface area contributed by atoms with Crippen LogP contribution >= 0.6 is 0 Å². The molecule has 0 aromatic heterocycles. The molecule has 4 rings (SSSR count). The van der Waals surface area contributed by atoms with E-state index in [4.69, 9.17) is 14.6 Å². The van der Waals surface area contributed by atoms with Gasteiger partial charge in [0.15, 0.2) is 0 Å². The molecule has 2 aliphatic heterocycles. The first-order valence-electron chi connectivity index (χ1n) is 11.4. The number of aliphatic carboxylic acids is 1. The zero-order chi connectivity index (χ0) is 25.4. The third-order valence-corrected chi connectivity index (χ3v) is 5.97. The lowest BCUT2D eigenvalue weighted by Crippen LogP contribution is -2.42. The van der Waals surface area contributed by atoms with Crippen LogP contribution < -0.4 is 4.74 Å². The Labute approximate surface area is 201 Å². The lowest BCUT2D eigenvalue weighted by Gasteiger charge is -2.28. The molecule has 1 atom stereocenters. The molecule has 190 valence electrons. The van der Waals surface area contributed by atoms with Crippen LogP contribution in [0.5, 0.6) is 5.75 Å². The Morgan fingerprint density at radius 2 is 1.54 bits per heavy atom. The predicted molar refractivity (Wildman–Crippen MR) is 121 cm³/mol. The van der Waals surface area contributed by atoms with E-state index in [2.05, 4.69) is 4.90 Å². The second-order valence-corrected chi connectivity index (χ2v) is 8.54. The van der Waals surface area contributed by atoms with Crippen molar-refractivity contribution >= 4 is 11.9 Å². The zero-order valence-electron chi connectivity index (χ0n) is 19.1. The summed E-state index contributed by atoms with van der Waals surface area (Å²) in [5.74, 6) is -2.19. The van der Waals surface area contributed by atoms with Gasteiger partial charge < -0.3 is 19.6 Å². The van der Waals surface area contributed by atoms with Gasteiger partial charge in [0.25, 0.3) is 5.91 Å². The highest BCUT2D eigenvalue weighted by atomic mass is 19.4. The van der Waals surface area contributed by atoms with Crippen LogP contribution in [0, 0.1) is 5.82 Å². The lowest BCUT2D eigenvalue weighted by atomic mass is 10.1. The van der Waals surface area contributed by atoms with Gasteiger partial charge in [-0.1, -0.05) is 12.1 Å². The van der Waals surface area contributed by atoms with Crippen molar-refractivity contribution in [2.24, 2.45) is 0 Å². The van der Waals surface area contributed by atoms with Crippen molar-refractivity contribution in [2.75, 3.05) is 26.2 Å². The Morgan fingerprint density at radius 3 is 2.11 bits per heavy atom. The van der Waals surface area contributed by atoms with Crippen LogP contribution in [-0.4, -0.2) is 65.2 Å². The number of ether oxygens (including phenoxy) is 1. The van der Waals surface area contributed by atoms with Crippen molar-refractivity contribution in [3.63, 3.8) is 0 Å². The summed E-state index contributed by atoms with van der Waals surface area (Å²) in [6.07, 6.45) is -0.343. The number of hydrogen-bond acceptors (Lipinski definition) is 4. The van der Waals surface area contributed by atoms with Gasteiger partial charge >= 0.3 is 12.1 Å². The van der Waals surface area contributed by atoms with Gasteiger partial charge in [-0.3, -0.25) is 4.79 Å². The summed E-state index contributed by atoms with van der Waals surface area (Å²) in [6.45, 7) is 4.56. The van der Waals surface area contributed by atoms with Crippen molar-refractivity contribution < 1.29 is 37.0 Å². The average Bonchev–Trinajstić information content (AvgIpc) is 3.51. The van der Waals surface area contributed by atoms with E-state index in [1.165, 1.54) is 38.1 Å². The molecule has 2 aliphatic rings. The second kappa shape index (κ2) is 12.0. The highest BCUT2D eigenvalue weighted by Crippen LogP contribution is 2.24. The Morgan fingerprint density at radius 1 is 0.943 bits per heavy atom. The largest absolute Gasteiger partial charge is 0.490 e. The Bertz CT molecular complexity index is 974. The summed E-state index contributed by atoms with van der Waals surface area (Å²) in [7, 11) is 0. The fourth-order valence-corrected chi connectivity index (χ4v) is 4.16. The number of benzene rings is 2. The fraction of sp³-hybridized carbons (Fsp3) is 0.440. The van der Waals surface area contributed by atoms with Crippen molar-refractivity contribution in [3.8, 4) is 5.75 Å². The Balaban J connectivity index is 0.000000429. The predicted octanol–water partition coefficient (Wildman–Crippen LogP) is 4.74. The van der Waals surface area contributed by atoms with Gasteiger partial charge in [-0.2, -0.15) is 13.2 Å². The third kappa shape index (κ3) is 7.95. The number of likely N-dealkylation sites (tertiary alicyclic amines) is 2. The highest BCUT2D eigenvalue weighted by molar-refractivity contribution is 5.94. The van der Waals surface area contributed by atoms with Gasteiger partial charge in [-0.15, -0.1) is 0 Å². The SMILES string of the molecule is O=C(O)C(F)(F)F.O=C(c1ccc(OCc2ccc(F)cc2)cc1)N1CCC[C@H]1CN1CCCC1. The minimum Gasteiger partial charge on any atom is -0.489 e. The van der Waals surface area contributed by atoms with Crippen molar-refractivity contribution in [1.29, 1.82) is 0 Å². The van der Waals surface area contributed by atoms with Crippen LogP contribution in [0.25, 0.3) is 0 Å². The molecule has 1 amide bonds. The van der Waals surface area contributed by atoms with Gasteiger partial charge in [-0.25, -0.2) is 9.18 Å². The quantitative estimate of drug-likeness (QED) is 0.586. The van der Waals surface area contributed by atoms with Crippen molar-refractivity contribution in [3.05, 3.63) is 65.5 Å². The standard InChI is InChI=1S/C23H27FN2O2.C2HF3O2/c24-20-9-5-18(6-10-20)17-28-22-11-7-19(8-12-22)23(27)26-15-3-4-21(26)16-25-13-1-2-14-25;3-2(4,5)1(6)7/h5-12,21H,1-4,13-17H2;(H,6,7)/t21-;/m0./s1. The molecule has 0 unspecified atom stereocenters. The van der Waals surface area contributed by atoms with Gasteiger partial charge in [0.1, 0.15) is 18.2 Å². The lowest BCUT2D eigenvalue weighted by molar-refractivity contribution is -0.192. The molecule has 10 heteroatoms. The Kier molecular flexibility index (Phi) is 9.08. The van der Waals surface area contributed by atoms with E-state index < -0.39 is 12.1 Å². The molecule has 0 aliphatic carbocycles. The molecule has 0 spiro atoms. The first kappa shape index (κ1) is 26.5. The summed E-state index contributed by atoms with van der Waals surface area (Å²) >= 11 is 0. The smallest absolute Gasteiger partial charge is 0.489 e. The van der Waals surface area contributed by atoms with Crippen LogP contribution in [0.2, 0.25) is 0 Å². The number of hydrogen-bond donors (Lipinski definition) is 1. The van der Waals surface area contributed by atoms with Gasteiger partial charge in [-0.05, 0) is 80.7 Å². The fourth-order valence-electron chi connectivity index (χ4n) is 4.16. The van der Waals surface area contributed by atoms with Gasteiger partial charge in [0.2, 0.25) is 0 Å². The van der Waals surface area contributed by atoms with Gasteiger partial charge in [0, 0.05) is 24.7 Å². The van der Waals surface area contributed by atoms with Crippen LogP contribution in [0.3, 0.4) is 0 Å². The number of nitrogens with zero attached hydrogens (tertiary/aromatic N) is 2. The van der Waals surface area contributed by atoms with E-state index in [1.54, 1.807) is 12.1 Å². The molecule has 0 radical (unpaired) electrons. The van der Waals surface area contributed by atoms with Crippen LogP contribution in [0.4, 0.5) is 17.6 Å². The summed E-state index contributed by atoms with van der Waals surface area (Å²) in [5.41, 5.74) is 1.62. The van der Waals surface area contributed by atoms with Crippen LogP contribution in [0.15, 0.2) is 48.5 Å². The molecule has 2 aromatic rings. The maximum atomic E-state index is 13.0. The Hall–Kier alpha value is -3.14. The zero-order valence-corrected chi connectivity index (χ0v) is 19.1. The summed E-state index contributed by atoms with van der Waals surface area (Å²) in [6, 6.07) is 14.0. The number of halogens is 4. The number of carbonyl (C=O) groups is 2. The number of amides is 1. The summed E-state index contributed by atoms with van der Waals surface area (Å²) in [5, 5.41) is 7.12. The van der Waals surface area contributed by atoms with Crippen LogP contribution in [0.1, 0.15) is 41.6 Å². The third-order valence-electron chi connectivity index (χ3n) is 5.97. The first-order valence-corrected chi connectivity index (χ1v) is 11.4. The van der Waals surface area contributed by atoms with Gasteiger partial charge in [0.05, 0.1) is 0 Å². The van der Waals surface area contributed by atoms with E-state index in [0.717, 1.165) is 31.5 Å². The second-order valence-electron chi connectivity index (χ2n) is 8.54. The molecule has 2 heterocycles. The molecule has 6 nitrogen and oxygen atoms in total. The average molecular weight is 497 g/mol. The molecule has 0 bridgehead atoms. The monoisotopic (exact) mass is 496 g/mol. The van der Waals surface area contributed by atoms with Crippen molar-refractivity contribution in [1.82, 2.24) is 9.80 Å². The summed E-state index contributed by atoms with van der Waals surface area (Å²) in [4.78, 5) is 26.4. The van der Waals surface area contributed by atoms with E-state index in [9.17, 15) is 22.4 Å². The number of carboxylic acids is 1. The molecule has 2 fully saturated rings. The number of carbonyl (C=O) groups excluding carboxylic acids is 1. The van der Waals surface area contributed by atoms with E-state index in [0.29, 0.717) is 24.0 Å². The first-order chi connectivity index (χ1) is 16.6. The summed E-state index contributed by atoms with van der Waals surface area (Å²) < 4.78 is 50.4. The highest BCUT2D eigenvalue weighted by Gasteiger charge is 2.38. The van der Waals surface area contributed by atoms with E-state index >= 15 is 0 Å². The maximum absolute atomic E-state index is 13.0.